The summed E-state index contributed by atoms with van der Waals surface area (Å²) in [7, 11) is 1.93. The second-order valence-corrected chi connectivity index (χ2v) is 3.88. The van der Waals surface area contributed by atoms with E-state index >= 15 is 0 Å². The molecule has 0 saturated carbocycles. The first kappa shape index (κ1) is 9.21. The van der Waals surface area contributed by atoms with E-state index in [0.29, 0.717) is 5.69 Å². The normalized spacial score (nSPS) is 10.7. The van der Waals surface area contributed by atoms with Crippen LogP contribution in [0.2, 0.25) is 0 Å². The maximum Gasteiger partial charge on any atom is 0.196 e. The van der Waals surface area contributed by atoms with E-state index in [1.54, 1.807) is 0 Å². The Kier molecular flexibility index (Phi) is 2.25. The van der Waals surface area contributed by atoms with Crippen LogP contribution in [0.1, 0.15) is 17.4 Å². The van der Waals surface area contributed by atoms with Crippen LogP contribution in [-0.2, 0) is 0 Å². The number of thiazole rings is 1. The second kappa shape index (κ2) is 3.42. The molecule has 14 heavy (non-hydrogen) atoms. The SMILES string of the molecule is CCN(C)c1nc2sccn2c1C=O. The fourth-order valence-corrected chi connectivity index (χ4v) is 2.05. The second-order valence-electron chi connectivity index (χ2n) is 3.01. The average Bonchev–Trinajstić information content (AvgIpc) is 2.74. The lowest BCUT2D eigenvalue weighted by Crippen LogP contribution is -2.17. The number of carbonyl (C=O) groups is 1. The number of fused-ring (bicyclic) bond motifs is 1. The zero-order valence-electron chi connectivity index (χ0n) is 8.10. The van der Waals surface area contributed by atoms with E-state index in [9.17, 15) is 4.79 Å². The quantitative estimate of drug-likeness (QED) is 0.721. The van der Waals surface area contributed by atoms with Crippen molar-refractivity contribution in [3.8, 4) is 0 Å². The first-order chi connectivity index (χ1) is 6.77. The predicted octanol–water partition coefficient (Wildman–Crippen LogP) is 1.66. The molecular weight excluding hydrogens is 198 g/mol. The Balaban J connectivity index is 2.63. The Morgan fingerprint density at radius 2 is 2.50 bits per heavy atom. The molecule has 2 aromatic rings. The lowest BCUT2D eigenvalue weighted by atomic mass is 10.4. The largest absolute Gasteiger partial charge is 0.358 e. The van der Waals surface area contributed by atoms with Crippen LogP contribution in [0.3, 0.4) is 0 Å². The van der Waals surface area contributed by atoms with Crippen molar-refractivity contribution in [1.29, 1.82) is 0 Å². The van der Waals surface area contributed by atoms with Gasteiger partial charge in [0.25, 0.3) is 0 Å². The third kappa shape index (κ3) is 1.21. The summed E-state index contributed by atoms with van der Waals surface area (Å²) in [5.41, 5.74) is 0.630. The Hall–Kier alpha value is -1.36. The minimum atomic E-state index is 0.630. The Morgan fingerprint density at radius 1 is 1.71 bits per heavy atom. The number of anilines is 1. The van der Waals surface area contributed by atoms with E-state index in [-0.39, 0.29) is 0 Å². The van der Waals surface area contributed by atoms with Gasteiger partial charge in [0, 0.05) is 25.2 Å². The lowest BCUT2D eigenvalue weighted by molar-refractivity contribution is 0.111. The van der Waals surface area contributed by atoms with Crippen molar-refractivity contribution in [2.24, 2.45) is 0 Å². The maximum absolute atomic E-state index is 10.9. The highest BCUT2D eigenvalue weighted by molar-refractivity contribution is 7.15. The van der Waals surface area contributed by atoms with Crippen molar-refractivity contribution in [2.45, 2.75) is 6.92 Å². The number of carbonyl (C=O) groups excluding carboxylic acids is 1. The minimum absolute atomic E-state index is 0.630. The van der Waals surface area contributed by atoms with Gasteiger partial charge in [-0.15, -0.1) is 11.3 Å². The predicted molar refractivity (Wildman–Crippen MR) is 57.4 cm³/mol. The van der Waals surface area contributed by atoms with Crippen LogP contribution in [0, 0.1) is 0 Å². The molecule has 0 amide bonds. The molecule has 0 aliphatic heterocycles. The van der Waals surface area contributed by atoms with Crippen molar-refractivity contribution < 1.29 is 4.79 Å². The molecule has 0 spiro atoms. The lowest BCUT2D eigenvalue weighted by Gasteiger charge is -2.13. The van der Waals surface area contributed by atoms with Gasteiger partial charge in [-0.2, -0.15) is 0 Å². The molecule has 2 rings (SSSR count). The van der Waals surface area contributed by atoms with Gasteiger partial charge in [0.05, 0.1) is 0 Å². The molecule has 4 nitrogen and oxygen atoms in total. The standard InChI is InChI=1S/C9H11N3OS/c1-3-11(2)8-7(6-13)12-4-5-14-9(12)10-8/h4-6H,3H2,1-2H3. The van der Waals surface area contributed by atoms with Gasteiger partial charge in [0.1, 0.15) is 5.69 Å². The number of rotatable bonds is 3. The minimum Gasteiger partial charge on any atom is -0.358 e. The van der Waals surface area contributed by atoms with Crippen LogP contribution in [0.15, 0.2) is 11.6 Å². The van der Waals surface area contributed by atoms with Gasteiger partial charge in [-0.25, -0.2) is 4.98 Å². The molecule has 0 aromatic carbocycles. The van der Waals surface area contributed by atoms with Gasteiger partial charge in [-0.05, 0) is 6.92 Å². The van der Waals surface area contributed by atoms with Crippen LogP contribution in [0.4, 0.5) is 5.82 Å². The van der Waals surface area contributed by atoms with E-state index in [1.807, 2.05) is 34.8 Å². The Morgan fingerprint density at radius 3 is 3.14 bits per heavy atom. The van der Waals surface area contributed by atoms with Crippen LogP contribution < -0.4 is 4.90 Å². The van der Waals surface area contributed by atoms with Crippen molar-refractivity contribution in [2.75, 3.05) is 18.5 Å². The monoisotopic (exact) mass is 209 g/mol. The van der Waals surface area contributed by atoms with E-state index in [1.165, 1.54) is 11.3 Å². The molecule has 5 heteroatoms. The summed E-state index contributed by atoms with van der Waals surface area (Å²) >= 11 is 1.53. The molecule has 0 radical (unpaired) electrons. The molecular formula is C9H11N3OS. The van der Waals surface area contributed by atoms with Crippen LogP contribution in [-0.4, -0.2) is 29.3 Å². The van der Waals surface area contributed by atoms with Gasteiger partial charge < -0.3 is 4.90 Å². The van der Waals surface area contributed by atoms with Gasteiger partial charge in [-0.1, -0.05) is 0 Å². The summed E-state index contributed by atoms with van der Waals surface area (Å²) in [5.74, 6) is 0.759. The molecule has 0 atom stereocenters. The topological polar surface area (TPSA) is 37.6 Å². The fraction of sp³-hybridized carbons (Fsp3) is 0.333. The van der Waals surface area contributed by atoms with Gasteiger partial charge in [-0.3, -0.25) is 9.20 Å². The molecule has 0 fully saturated rings. The Bertz CT molecular complexity index is 460. The Labute approximate surface area is 85.8 Å². The highest BCUT2D eigenvalue weighted by atomic mass is 32.1. The van der Waals surface area contributed by atoms with Crippen LogP contribution in [0.25, 0.3) is 4.96 Å². The third-order valence-corrected chi connectivity index (χ3v) is 2.98. The van der Waals surface area contributed by atoms with E-state index in [4.69, 9.17) is 0 Å². The first-order valence-electron chi connectivity index (χ1n) is 4.39. The van der Waals surface area contributed by atoms with E-state index < -0.39 is 0 Å². The van der Waals surface area contributed by atoms with Gasteiger partial charge in [0.2, 0.25) is 0 Å². The molecule has 0 N–H and O–H groups in total. The molecule has 74 valence electrons. The molecule has 0 aliphatic rings. The maximum atomic E-state index is 10.9. The van der Waals surface area contributed by atoms with Crippen LogP contribution >= 0.6 is 11.3 Å². The van der Waals surface area contributed by atoms with Crippen molar-refractivity contribution >= 4 is 28.4 Å². The summed E-state index contributed by atoms with van der Waals surface area (Å²) in [4.78, 5) is 18.2. The number of hydrogen-bond acceptors (Lipinski definition) is 4. The molecule has 2 aromatic heterocycles. The third-order valence-electron chi connectivity index (χ3n) is 2.23. The van der Waals surface area contributed by atoms with Crippen LogP contribution in [0.5, 0.6) is 0 Å². The highest BCUT2D eigenvalue weighted by Gasteiger charge is 2.14. The molecule has 0 bridgehead atoms. The molecule has 0 saturated heterocycles. The number of imidazole rings is 1. The molecule has 0 aliphatic carbocycles. The summed E-state index contributed by atoms with van der Waals surface area (Å²) in [6.07, 6.45) is 2.72. The molecule has 0 unspecified atom stereocenters. The number of hydrogen-bond donors (Lipinski definition) is 0. The molecule has 2 heterocycles. The summed E-state index contributed by atoms with van der Waals surface area (Å²) < 4.78 is 1.82. The number of aromatic nitrogens is 2. The van der Waals surface area contributed by atoms with Gasteiger partial charge in [0.15, 0.2) is 17.1 Å². The number of aldehydes is 1. The first-order valence-corrected chi connectivity index (χ1v) is 5.27. The average molecular weight is 209 g/mol. The van der Waals surface area contributed by atoms with E-state index in [2.05, 4.69) is 4.98 Å². The van der Waals surface area contributed by atoms with Crippen molar-refractivity contribution in [3.05, 3.63) is 17.3 Å². The smallest absolute Gasteiger partial charge is 0.196 e. The summed E-state index contributed by atoms with van der Waals surface area (Å²) in [6, 6.07) is 0. The fourth-order valence-electron chi connectivity index (χ4n) is 1.33. The number of nitrogens with zero attached hydrogens (tertiary/aromatic N) is 3. The summed E-state index contributed by atoms with van der Waals surface area (Å²) in [6.45, 7) is 2.87. The van der Waals surface area contributed by atoms with Gasteiger partial charge >= 0.3 is 0 Å². The zero-order valence-corrected chi connectivity index (χ0v) is 8.91. The van der Waals surface area contributed by atoms with E-state index in [0.717, 1.165) is 23.6 Å². The zero-order chi connectivity index (χ0) is 10.1. The highest BCUT2D eigenvalue weighted by Crippen LogP contribution is 2.22. The summed E-state index contributed by atoms with van der Waals surface area (Å²) in [5, 5.41) is 1.92. The van der Waals surface area contributed by atoms with Crippen molar-refractivity contribution in [3.63, 3.8) is 0 Å². The van der Waals surface area contributed by atoms with Crippen molar-refractivity contribution in [1.82, 2.24) is 9.38 Å².